The molecule has 0 saturated carbocycles. The van der Waals surface area contributed by atoms with Gasteiger partial charge >= 0.3 is 0 Å². The van der Waals surface area contributed by atoms with Crippen LogP contribution in [0.15, 0.2) is 65.8 Å². The second-order valence-electron chi connectivity index (χ2n) is 8.45. The average molecular weight is 496 g/mol. The van der Waals surface area contributed by atoms with Crippen molar-refractivity contribution in [3.05, 3.63) is 83.2 Å². The van der Waals surface area contributed by atoms with Crippen molar-refractivity contribution >= 4 is 15.9 Å². The maximum Gasteiger partial charge on any atom is 0.254 e. The van der Waals surface area contributed by atoms with Gasteiger partial charge in [0.2, 0.25) is 10.0 Å². The Hall–Kier alpha value is -3.43. The topological polar surface area (TPSA) is 89.0 Å². The van der Waals surface area contributed by atoms with E-state index in [9.17, 15) is 13.2 Å². The molecule has 0 spiro atoms. The highest BCUT2D eigenvalue weighted by Crippen LogP contribution is 2.30. The van der Waals surface area contributed by atoms with Gasteiger partial charge in [0.1, 0.15) is 6.61 Å². The molecule has 2 heterocycles. The third-order valence-electron chi connectivity index (χ3n) is 6.20. The number of amides is 1. The van der Waals surface area contributed by atoms with Crippen LogP contribution in [0.25, 0.3) is 0 Å². The lowest BCUT2D eigenvalue weighted by Crippen LogP contribution is -2.50. The van der Waals surface area contributed by atoms with Gasteiger partial charge in [-0.15, -0.1) is 0 Å². The molecule has 0 radical (unpaired) electrons. The van der Waals surface area contributed by atoms with Gasteiger partial charge in [0.15, 0.2) is 11.5 Å². The molecule has 8 nitrogen and oxygen atoms in total. The van der Waals surface area contributed by atoms with Gasteiger partial charge < -0.3 is 14.4 Å². The number of sulfonamides is 1. The van der Waals surface area contributed by atoms with E-state index in [-0.39, 0.29) is 23.9 Å². The van der Waals surface area contributed by atoms with E-state index >= 15 is 0 Å². The number of rotatable bonds is 7. The molecule has 0 bridgehead atoms. The molecule has 2 aromatic carbocycles. The quantitative estimate of drug-likeness (QED) is 0.499. The van der Waals surface area contributed by atoms with E-state index < -0.39 is 10.0 Å². The molecule has 1 fully saturated rings. The molecule has 0 atom stereocenters. The number of aryl methyl sites for hydroxylation is 2. The number of piperazine rings is 1. The lowest BCUT2D eigenvalue weighted by atomic mass is 10.1. The van der Waals surface area contributed by atoms with Crippen LogP contribution in [-0.2, 0) is 16.6 Å². The van der Waals surface area contributed by atoms with Crippen molar-refractivity contribution in [3.63, 3.8) is 0 Å². The van der Waals surface area contributed by atoms with Crippen LogP contribution < -0.4 is 9.47 Å². The van der Waals surface area contributed by atoms with Gasteiger partial charge in [0, 0.05) is 44.1 Å². The molecule has 4 rings (SSSR count). The average Bonchev–Trinajstić information content (AvgIpc) is 2.89. The van der Waals surface area contributed by atoms with E-state index in [1.807, 2.05) is 32.0 Å². The summed E-state index contributed by atoms with van der Waals surface area (Å²) in [6.45, 7) is 5.25. The number of aromatic nitrogens is 1. The first-order chi connectivity index (χ1) is 16.8. The zero-order chi connectivity index (χ0) is 25.0. The number of carbonyl (C=O) groups excluding carboxylic acids is 1. The molecule has 1 saturated heterocycles. The minimum atomic E-state index is -3.61. The minimum absolute atomic E-state index is 0.176. The van der Waals surface area contributed by atoms with Gasteiger partial charge in [-0.25, -0.2) is 8.42 Å². The zero-order valence-electron chi connectivity index (χ0n) is 20.1. The minimum Gasteiger partial charge on any atom is -0.493 e. The summed E-state index contributed by atoms with van der Waals surface area (Å²) in [5, 5.41) is 0. The molecular weight excluding hydrogens is 466 g/mol. The van der Waals surface area contributed by atoms with Crippen LogP contribution in [0.3, 0.4) is 0 Å². The van der Waals surface area contributed by atoms with Gasteiger partial charge in [0.25, 0.3) is 5.91 Å². The van der Waals surface area contributed by atoms with E-state index in [1.54, 1.807) is 54.7 Å². The number of carbonyl (C=O) groups is 1. The third kappa shape index (κ3) is 5.47. The van der Waals surface area contributed by atoms with Crippen LogP contribution >= 0.6 is 0 Å². The molecule has 1 aromatic heterocycles. The van der Waals surface area contributed by atoms with Gasteiger partial charge in [-0.2, -0.15) is 4.31 Å². The maximum absolute atomic E-state index is 13.2. The van der Waals surface area contributed by atoms with Crippen molar-refractivity contribution in [2.45, 2.75) is 25.3 Å². The van der Waals surface area contributed by atoms with Gasteiger partial charge in [-0.3, -0.25) is 9.78 Å². The maximum atomic E-state index is 13.2. The highest BCUT2D eigenvalue weighted by Gasteiger charge is 2.31. The molecule has 0 N–H and O–H groups in total. The Kier molecular flexibility index (Phi) is 7.37. The molecule has 0 unspecified atom stereocenters. The highest BCUT2D eigenvalue weighted by atomic mass is 32.2. The van der Waals surface area contributed by atoms with Crippen LogP contribution in [0, 0.1) is 13.8 Å². The van der Waals surface area contributed by atoms with Crippen molar-refractivity contribution < 1.29 is 22.7 Å². The Morgan fingerprint density at radius 1 is 0.914 bits per heavy atom. The van der Waals surface area contributed by atoms with Crippen molar-refractivity contribution in [1.82, 2.24) is 14.2 Å². The number of methoxy groups -OCH3 is 1. The fourth-order valence-electron chi connectivity index (χ4n) is 3.90. The van der Waals surface area contributed by atoms with Crippen LogP contribution in [0.4, 0.5) is 0 Å². The largest absolute Gasteiger partial charge is 0.493 e. The summed E-state index contributed by atoms with van der Waals surface area (Å²) in [6, 6.07) is 13.9. The normalized spacial score (nSPS) is 14.5. The first-order valence-corrected chi connectivity index (χ1v) is 12.8. The number of nitrogens with zero attached hydrogens (tertiary/aromatic N) is 3. The number of hydrogen-bond acceptors (Lipinski definition) is 6. The molecule has 1 amide bonds. The summed E-state index contributed by atoms with van der Waals surface area (Å²) in [4.78, 5) is 19.1. The van der Waals surface area contributed by atoms with E-state index in [1.165, 1.54) is 4.31 Å². The molecule has 3 aromatic rings. The number of benzene rings is 2. The van der Waals surface area contributed by atoms with Crippen molar-refractivity contribution in [2.24, 2.45) is 0 Å². The molecule has 184 valence electrons. The standard InChI is InChI=1S/C26H29N3O5S/c1-19-4-6-23(16-20(19)2)35(31,32)29-14-12-28(13-15-29)26(30)22-5-7-24(33-3)25(17-22)34-18-21-8-10-27-11-9-21/h4-11,16-17H,12-15,18H2,1-3H3. The number of pyridine rings is 1. The van der Waals surface area contributed by atoms with E-state index in [2.05, 4.69) is 4.98 Å². The summed E-state index contributed by atoms with van der Waals surface area (Å²) in [5.41, 5.74) is 3.38. The molecule has 1 aliphatic heterocycles. The Labute approximate surface area is 206 Å². The van der Waals surface area contributed by atoms with Gasteiger partial charge in [-0.05, 0) is 73.0 Å². The molecule has 0 aliphatic carbocycles. The summed E-state index contributed by atoms with van der Waals surface area (Å²) in [6.07, 6.45) is 3.38. The number of ether oxygens (including phenoxy) is 2. The monoisotopic (exact) mass is 495 g/mol. The fourth-order valence-corrected chi connectivity index (χ4v) is 5.41. The van der Waals surface area contributed by atoms with E-state index in [0.29, 0.717) is 36.8 Å². The lowest BCUT2D eigenvalue weighted by molar-refractivity contribution is 0.0697. The predicted octanol–water partition coefficient (Wildman–Crippen LogP) is 3.43. The highest BCUT2D eigenvalue weighted by molar-refractivity contribution is 7.89. The van der Waals surface area contributed by atoms with Crippen molar-refractivity contribution in [2.75, 3.05) is 33.3 Å². The predicted molar refractivity (Wildman–Crippen MR) is 132 cm³/mol. The van der Waals surface area contributed by atoms with Crippen LogP contribution in [-0.4, -0.2) is 61.8 Å². The second kappa shape index (κ2) is 10.5. The second-order valence-corrected chi connectivity index (χ2v) is 10.4. The Morgan fingerprint density at radius 3 is 2.29 bits per heavy atom. The molecule has 1 aliphatic rings. The van der Waals surface area contributed by atoms with E-state index in [4.69, 9.17) is 9.47 Å². The summed E-state index contributed by atoms with van der Waals surface area (Å²) < 4.78 is 38.9. The van der Waals surface area contributed by atoms with E-state index in [0.717, 1.165) is 16.7 Å². The summed E-state index contributed by atoms with van der Waals surface area (Å²) in [7, 11) is -2.06. The SMILES string of the molecule is COc1ccc(C(=O)N2CCN(S(=O)(=O)c3ccc(C)c(C)c3)CC2)cc1OCc1ccncc1. The van der Waals surface area contributed by atoms with Crippen molar-refractivity contribution in [1.29, 1.82) is 0 Å². The Balaban J connectivity index is 1.43. The number of hydrogen-bond donors (Lipinski definition) is 0. The first kappa shape index (κ1) is 24.7. The van der Waals surface area contributed by atoms with Gasteiger partial charge in [0.05, 0.1) is 12.0 Å². The third-order valence-corrected chi connectivity index (χ3v) is 8.09. The molecule has 35 heavy (non-hydrogen) atoms. The van der Waals surface area contributed by atoms with Gasteiger partial charge in [-0.1, -0.05) is 6.07 Å². The Bertz CT molecular complexity index is 1300. The molecular formula is C26H29N3O5S. The lowest BCUT2D eigenvalue weighted by Gasteiger charge is -2.34. The zero-order valence-corrected chi connectivity index (χ0v) is 20.9. The first-order valence-electron chi connectivity index (χ1n) is 11.4. The van der Waals surface area contributed by atoms with Crippen molar-refractivity contribution in [3.8, 4) is 11.5 Å². The fraction of sp³-hybridized carbons (Fsp3) is 0.308. The summed E-state index contributed by atoms with van der Waals surface area (Å²) in [5.74, 6) is 0.815. The Morgan fingerprint density at radius 2 is 1.63 bits per heavy atom. The van der Waals surface area contributed by atoms with Crippen LogP contribution in [0.5, 0.6) is 11.5 Å². The molecule has 9 heteroatoms. The van der Waals surface area contributed by atoms with Crippen LogP contribution in [0.2, 0.25) is 0 Å². The van der Waals surface area contributed by atoms with Crippen LogP contribution in [0.1, 0.15) is 27.0 Å². The smallest absolute Gasteiger partial charge is 0.254 e. The summed E-state index contributed by atoms with van der Waals surface area (Å²) >= 11 is 0.